The van der Waals surface area contributed by atoms with Crippen molar-refractivity contribution in [3.63, 3.8) is 0 Å². The zero-order chi connectivity index (χ0) is 27.4. The van der Waals surface area contributed by atoms with E-state index in [1.54, 1.807) is 0 Å². The van der Waals surface area contributed by atoms with Crippen LogP contribution in [0.3, 0.4) is 0 Å². The molecule has 0 fully saturated rings. The maximum Gasteiger partial charge on any atom is 0.136 e. The topological polar surface area (TPSA) is 13.1 Å². The maximum absolute atomic E-state index is 6.32. The summed E-state index contributed by atoms with van der Waals surface area (Å²) in [5.74, 6) is 0. The van der Waals surface area contributed by atoms with Gasteiger partial charge in [0, 0.05) is 36.5 Å². The van der Waals surface area contributed by atoms with Crippen molar-refractivity contribution >= 4 is 85.8 Å². The minimum Gasteiger partial charge on any atom is -0.456 e. The molecule has 194 valence electrons. The first-order valence-electron chi connectivity index (χ1n) is 14.4. The van der Waals surface area contributed by atoms with Crippen LogP contribution in [0.5, 0.6) is 0 Å². The highest BCUT2D eigenvalue weighted by atomic mass is 32.1. The Morgan fingerprint density at radius 2 is 0.952 bits per heavy atom. The van der Waals surface area contributed by atoms with Gasteiger partial charge in [0.15, 0.2) is 0 Å². The summed E-state index contributed by atoms with van der Waals surface area (Å²) in [6, 6.07) is 48.8. The number of benzene rings is 8. The van der Waals surface area contributed by atoms with Gasteiger partial charge in [0.05, 0.1) is 0 Å². The molecule has 0 aliphatic carbocycles. The molecule has 0 bridgehead atoms. The fraction of sp³-hybridized carbons (Fsp3) is 0. The van der Waals surface area contributed by atoms with E-state index in [1.807, 2.05) is 11.3 Å². The SMILES string of the molecule is c1cc2cc(-c3c4ccccc4c(-c4cccc5c4sc4ccccc45)c4ccccc34)c3cccc4oc(c1)c2c43. The summed E-state index contributed by atoms with van der Waals surface area (Å²) in [5.41, 5.74) is 7.04. The lowest BCUT2D eigenvalue weighted by atomic mass is 9.83. The average molecular weight is 551 g/mol. The zero-order valence-electron chi connectivity index (χ0n) is 22.5. The Bertz CT molecular complexity index is 2630. The molecule has 2 heterocycles. The normalized spacial score (nSPS) is 12.3. The van der Waals surface area contributed by atoms with Crippen molar-refractivity contribution in [2.45, 2.75) is 0 Å². The van der Waals surface area contributed by atoms with Gasteiger partial charge in [-0.2, -0.15) is 0 Å². The molecule has 2 aromatic heterocycles. The van der Waals surface area contributed by atoms with Crippen molar-refractivity contribution in [3.05, 3.63) is 133 Å². The summed E-state index contributed by atoms with van der Waals surface area (Å²) in [6.45, 7) is 0. The van der Waals surface area contributed by atoms with Crippen LogP contribution in [0.15, 0.2) is 138 Å². The van der Waals surface area contributed by atoms with E-state index >= 15 is 0 Å². The van der Waals surface area contributed by atoms with Crippen molar-refractivity contribution in [3.8, 4) is 22.3 Å². The highest BCUT2D eigenvalue weighted by Crippen LogP contribution is 2.50. The number of hydrogen-bond donors (Lipinski definition) is 0. The molecule has 0 spiro atoms. The Balaban J connectivity index is 1.40. The molecule has 0 aliphatic rings. The van der Waals surface area contributed by atoms with Gasteiger partial charge in [-0.25, -0.2) is 0 Å². The zero-order valence-corrected chi connectivity index (χ0v) is 23.3. The number of furan rings is 1. The van der Waals surface area contributed by atoms with Crippen LogP contribution >= 0.6 is 11.3 Å². The van der Waals surface area contributed by atoms with E-state index in [9.17, 15) is 0 Å². The van der Waals surface area contributed by atoms with Crippen LogP contribution in [0, 0.1) is 0 Å². The van der Waals surface area contributed by atoms with Gasteiger partial charge >= 0.3 is 0 Å². The third-order valence-electron chi connectivity index (χ3n) is 9.02. The highest BCUT2D eigenvalue weighted by molar-refractivity contribution is 7.26. The second-order valence-corrected chi connectivity index (χ2v) is 12.2. The molecule has 42 heavy (non-hydrogen) atoms. The summed E-state index contributed by atoms with van der Waals surface area (Å²) in [6.07, 6.45) is 0. The minimum atomic E-state index is 0.947. The average Bonchev–Trinajstić information content (AvgIpc) is 3.62. The molecule has 0 saturated heterocycles. The van der Waals surface area contributed by atoms with E-state index in [0.29, 0.717) is 0 Å². The predicted molar refractivity (Wildman–Crippen MR) is 181 cm³/mol. The van der Waals surface area contributed by atoms with E-state index in [2.05, 4.69) is 133 Å². The van der Waals surface area contributed by atoms with Crippen LogP contribution in [-0.4, -0.2) is 0 Å². The maximum atomic E-state index is 6.32. The molecule has 1 nitrogen and oxygen atoms in total. The van der Waals surface area contributed by atoms with Crippen molar-refractivity contribution in [2.24, 2.45) is 0 Å². The number of thiophene rings is 1. The quantitative estimate of drug-likeness (QED) is 0.154. The molecule has 0 amide bonds. The molecule has 8 aromatic carbocycles. The summed E-state index contributed by atoms with van der Waals surface area (Å²) < 4.78 is 9.00. The number of rotatable bonds is 2. The monoisotopic (exact) mass is 550 g/mol. The fourth-order valence-electron chi connectivity index (χ4n) is 7.33. The summed E-state index contributed by atoms with van der Waals surface area (Å²) in [4.78, 5) is 0. The second-order valence-electron chi connectivity index (χ2n) is 11.2. The highest BCUT2D eigenvalue weighted by Gasteiger charge is 2.22. The van der Waals surface area contributed by atoms with Gasteiger partial charge in [-0.15, -0.1) is 11.3 Å². The molecule has 0 radical (unpaired) electrons. The standard InChI is InChI=1S/C40H22OS/c1-3-14-27-25(12-1)37(31-18-8-17-30-24-11-5-6-21-35(24)42-40(30)31)26-13-2-4-15-28(26)38(27)32-22-23-10-7-19-33-36(23)39-29(32)16-9-20-34(39)41-33/h1-22H. The predicted octanol–water partition coefficient (Wildman–Crippen LogP) is 12.2. The first kappa shape index (κ1) is 22.5. The first-order chi connectivity index (χ1) is 20.8. The van der Waals surface area contributed by atoms with E-state index in [-0.39, 0.29) is 0 Å². The van der Waals surface area contributed by atoms with E-state index in [4.69, 9.17) is 4.42 Å². The van der Waals surface area contributed by atoms with Crippen LogP contribution in [-0.2, 0) is 0 Å². The van der Waals surface area contributed by atoms with E-state index < -0.39 is 0 Å². The van der Waals surface area contributed by atoms with Gasteiger partial charge < -0.3 is 4.42 Å². The van der Waals surface area contributed by atoms with Crippen LogP contribution in [0.25, 0.3) is 96.7 Å². The lowest BCUT2D eigenvalue weighted by molar-refractivity contribution is 0.669. The second kappa shape index (κ2) is 8.19. The summed E-state index contributed by atoms with van der Waals surface area (Å²) in [7, 11) is 0. The fourth-order valence-corrected chi connectivity index (χ4v) is 8.55. The van der Waals surface area contributed by atoms with Crippen LogP contribution in [0.2, 0.25) is 0 Å². The molecular weight excluding hydrogens is 529 g/mol. The van der Waals surface area contributed by atoms with Gasteiger partial charge in [-0.1, -0.05) is 109 Å². The van der Waals surface area contributed by atoms with Gasteiger partial charge in [-0.3, -0.25) is 0 Å². The number of fused-ring (bicyclic) bond motifs is 5. The van der Waals surface area contributed by atoms with Crippen LogP contribution in [0.1, 0.15) is 0 Å². The molecule has 10 aromatic rings. The van der Waals surface area contributed by atoms with Crippen LogP contribution in [0.4, 0.5) is 0 Å². The molecule has 0 unspecified atom stereocenters. The Morgan fingerprint density at radius 3 is 1.69 bits per heavy atom. The lowest BCUT2D eigenvalue weighted by Crippen LogP contribution is -1.92. The third-order valence-corrected chi connectivity index (χ3v) is 10.2. The van der Waals surface area contributed by atoms with Gasteiger partial charge in [0.1, 0.15) is 11.2 Å². The molecule has 0 aliphatic heterocycles. The molecule has 0 saturated carbocycles. The number of hydrogen-bond acceptors (Lipinski definition) is 2. The summed E-state index contributed by atoms with van der Waals surface area (Å²) in [5, 5.41) is 12.6. The molecule has 2 heteroatoms. The van der Waals surface area contributed by atoms with Crippen molar-refractivity contribution < 1.29 is 4.42 Å². The Morgan fingerprint density at radius 1 is 0.405 bits per heavy atom. The third kappa shape index (κ3) is 2.87. The van der Waals surface area contributed by atoms with Crippen molar-refractivity contribution in [2.75, 3.05) is 0 Å². The smallest absolute Gasteiger partial charge is 0.136 e. The molecule has 10 rings (SSSR count). The Hall–Kier alpha value is -5.18. The van der Waals surface area contributed by atoms with Crippen LogP contribution < -0.4 is 0 Å². The molecular formula is C40H22OS. The largest absolute Gasteiger partial charge is 0.456 e. The first-order valence-corrected chi connectivity index (χ1v) is 15.2. The van der Waals surface area contributed by atoms with E-state index in [0.717, 1.165) is 11.2 Å². The lowest BCUT2D eigenvalue weighted by Gasteiger charge is -2.19. The van der Waals surface area contributed by atoms with Gasteiger partial charge in [-0.05, 0) is 73.3 Å². The molecule has 0 atom stereocenters. The Labute approximate surface area is 245 Å². The van der Waals surface area contributed by atoms with Gasteiger partial charge in [0.2, 0.25) is 0 Å². The summed E-state index contributed by atoms with van der Waals surface area (Å²) >= 11 is 1.90. The van der Waals surface area contributed by atoms with Crippen molar-refractivity contribution in [1.29, 1.82) is 0 Å². The van der Waals surface area contributed by atoms with Crippen molar-refractivity contribution in [1.82, 2.24) is 0 Å². The Kier molecular flexibility index (Phi) is 4.39. The van der Waals surface area contributed by atoms with Gasteiger partial charge in [0.25, 0.3) is 0 Å². The van der Waals surface area contributed by atoms with E-state index in [1.165, 1.54) is 85.5 Å². The molecule has 0 N–H and O–H groups in total. The minimum absolute atomic E-state index is 0.947.